The quantitative estimate of drug-likeness (QED) is 0.758. The Kier molecular flexibility index (Phi) is 6.87. The van der Waals surface area contributed by atoms with Gasteiger partial charge in [-0.2, -0.15) is 5.10 Å². The van der Waals surface area contributed by atoms with Crippen molar-refractivity contribution in [1.82, 2.24) is 15.1 Å². The van der Waals surface area contributed by atoms with Crippen LogP contribution in [0.3, 0.4) is 0 Å². The minimum atomic E-state index is -2.97. The molecule has 0 spiro atoms. The van der Waals surface area contributed by atoms with Crippen LogP contribution in [0.5, 0.6) is 0 Å². The predicted octanol–water partition coefficient (Wildman–Crippen LogP) is 2.11. The Balaban J connectivity index is 3.19. The summed E-state index contributed by atoms with van der Waals surface area (Å²) in [6, 6.07) is 0.298. The second-order valence-electron chi connectivity index (χ2n) is 5.39. The summed E-state index contributed by atoms with van der Waals surface area (Å²) in [7, 11) is -2.97. The number of rotatable bonds is 9. The van der Waals surface area contributed by atoms with Crippen LogP contribution >= 0.6 is 0 Å². The molecule has 0 bridgehead atoms. The van der Waals surface area contributed by atoms with E-state index in [1.165, 1.54) is 17.5 Å². The van der Waals surface area contributed by atoms with E-state index in [1.807, 2.05) is 4.68 Å². The fourth-order valence-corrected chi connectivity index (χ4v) is 3.24. The largest absolute Gasteiger partial charge is 0.310 e. The molecule has 0 aliphatic carbocycles. The Morgan fingerprint density at radius 2 is 1.86 bits per heavy atom. The first kappa shape index (κ1) is 18.2. The Morgan fingerprint density at radius 1 is 1.19 bits per heavy atom. The highest BCUT2D eigenvalue weighted by Crippen LogP contribution is 2.26. The lowest BCUT2D eigenvalue weighted by atomic mass is 9.99. The van der Waals surface area contributed by atoms with Gasteiger partial charge in [0.2, 0.25) is 0 Å². The summed E-state index contributed by atoms with van der Waals surface area (Å²) >= 11 is 0. The monoisotopic (exact) mass is 315 g/mol. The molecule has 0 saturated heterocycles. The molecule has 0 amide bonds. The second kappa shape index (κ2) is 7.94. The summed E-state index contributed by atoms with van der Waals surface area (Å²) in [5.74, 6) is 0.141. The van der Waals surface area contributed by atoms with Gasteiger partial charge in [-0.05, 0) is 25.8 Å². The Labute approximate surface area is 129 Å². The van der Waals surface area contributed by atoms with Gasteiger partial charge in [0.05, 0.1) is 18.0 Å². The minimum Gasteiger partial charge on any atom is -0.310 e. The first-order valence-corrected chi connectivity index (χ1v) is 9.93. The lowest BCUT2D eigenvalue weighted by molar-refractivity contribution is 0.526. The van der Waals surface area contributed by atoms with Crippen LogP contribution in [0.15, 0.2) is 0 Å². The summed E-state index contributed by atoms with van der Waals surface area (Å²) in [6.45, 7) is 9.84. The second-order valence-corrected chi connectivity index (χ2v) is 7.65. The summed E-state index contributed by atoms with van der Waals surface area (Å²) in [6.07, 6.45) is 4.02. The number of hydrogen-bond acceptors (Lipinski definition) is 4. The van der Waals surface area contributed by atoms with Gasteiger partial charge in [-0.15, -0.1) is 0 Å². The van der Waals surface area contributed by atoms with Crippen molar-refractivity contribution in [3.05, 3.63) is 17.0 Å². The SMILES string of the molecule is CCNC(CC)c1c(CC)nn(CCS(C)(=O)=O)c1CC. The van der Waals surface area contributed by atoms with Gasteiger partial charge < -0.3 is 5.32 Å². The number of aryl methyl sites for hydroxylation is 2. The zero-order valence-corrected chi connectivity index (χ0v) is 14.8. The number of sulfone groups is 1. The molecule has 1 unspecified atom stereocenters. The molecule has 1 heterocycles. The van der Waals surface area contributed by atoms with E-state index >= 15 is 0 Å². The molecule has 0 saturated carbocycles. The number of nitrogens with one attached hydrogen (secondary N) is 1. The lowest BCUT2D eigenvalue weighted by Gasteiger charge is -2.18. The molecular weight excluding hydrogens is 286 g/mol. The first-order valence-electron chi connectivity index (χ1n) is 7.87. The predicted molar refractivity (Wildman–Crippen MR) is 87.4 cm³/mol. The highest BCUT2D eigenvalue weighted by atomic mass is 32.2. The summed E-state index contributed by atoms with van der Waals surface area (Å²) in [5.41, 5.74) is 3.54. The summed E-state index contributed by atoms with van der Waals surface area (Å²) < 4.78 is 24.7. The fourth-order valence-electron chi connectivity index (χ4n) is 2.74. The van der Waals surface area contributed by atoms with Gasteiger partial charge in [-0.1, -0.05) is 27.7 Å². The van der Waals surface area contributed by atoms with E-state index in [4.69, 9.17) is 0 Å². The summed E-state index contributed by atoms with van der Waals surface area (Å²) in [4.78, 5) is 0. The van der Waals surface area contributed by atoms with Crippen molar-refractivity contribution in [3.63, 3.8) is 0 Å². The molecule has 1 aromatic heterocycles. The van der Waals surface area contributed by atoms with E-state index < -0.39 is 9.84 Å². The average Bonchev–Trinajstić information content (AvgIpc) is 2.79. The van der Waals surface area contributed by atoms with Crippen molar-refractivity contribution in [1.29, 1.82) is 0 Å². The Hall–Kier alpha value is -0.880. The molecule has 5 nitrogen and oxygen atoms in total. The van der Waals surface area contributed by atoms with E-state index in [-0.39, 0.29) is 5.75 Å². The highest BCUT2D eigenvalue weighted by molar-refractivity contribution is 7.90. The van der Waals surface area contributed by atoms with Gasteiger partial charge in [0.1, 0.15) is 9.84 Å². The van der Waals surface area contributed by atoms with Crippen molar-refractivity contribution < 1.29 is 8.42 Å². The Morgan fingerprint density at radius 3 is 2.29 bits per heavy atom. The maximum atomic E-state index is 11.4. The van der Waals surface area contributed by atoms with Crippen molar-refractivity contribution in [2.24, 2.45) is 0 Å². The van der Waals surface area contributed by atoms with Crippen LogP contribution in [0.25, 0.3) is 0 Å². The third kappa shape index (κ3) is 4.81. The first-order chi connectivity index (χ1) is 9.87. The van der Waals surface area contributed by atoms with Crippen molar-refractivity contribution in [2.45, 2.75) is 59.5 Å². The molecule has 1 rings (SSSR count). The van der Waals surface area contributed by atoms with Crippen LogP contribution in [0, 0.1) is 0 Å². The van der Waals surface area contributed by atoms with E-state index in [1.54, 1.807) is 0 Å². The number of nitrogens with zero attached hydrogens (tertiary/aromatic N) is 2. The Bertz CT molecular complexity index is 550. The molecule has 1 N–H and O–H groups in total. The van der Waals surface area contributed by atoms with Gasteiger partial charge in [0.15, 0.2) is 0 Å². The average molecular weight is 315 g/mol. The molecule has 122 valence electrons. The lowest BCUT2D eigenvalue weighted by Crippen LogP contribution is -2.22. The van der Waals surface area contributed by atoms with Gasteiger partial charge in [-0.25, -0.2) is 8.42 Å². The van der Waals surface area contributed by atoms with Gasteiger partial charge in [0.25, 0.3) is 0 Å². The molecule has 1 aromatic rings. The normalized spacial score (nSPS) is 13.6. The van der Waals surface area contributed by atoms with Gasteiger partial charge >= 0.3 is 0 Å². The van der Waals surface area contributed by atoms with E-state index in [0.29, 0.717) is 12.6 Å². The fraction of sp³-hybridized carbons (Fsp3) is 0.800. The van der Waals surface area contributed by atoms with Crippen LogP contribution in [-0.4, -0.2) is 36.8 Å². The molecule has 0 fully saturated rings. The minimum absolute atomic E-state index is 0.141. The molecule has 6 heteroatoms. The molecule has 1 atom stereocenters. The standard InChI is InChI=1S/C15H29N3O2S/c1-6-12(16-9-4)15-13(7-2)17-18(14(15)8-3)10-11-21(5,19)20/h12,16H,6-11H2,1-5H3. The smallest absolute Gasteiger partial charge is 0.149 e. The number of aromatic nitrogens is 2. The topological polar surface area (TPSA) is 64.0 Å². The molecule has 0 aliphatic rings. The molecule has 0 aromatic carbocycles. The zero-order valence-electron chi connectivity index (χ0n) is 13.9. The van der Waals surface area contributed by atoms with Crippen molar-refractivity contribution >= 4 is 9.84 Å². The van der Waals surface area contributed by atoms with Crippen LogP contribution in [0.4, 0.5) is 0 Å². The van der Waals surface area contributed by atoms with E-state index in [0.717, 1.165) is 31.5 Å². The van der Waals surface area contributed by atoms with Crippen LogP contribution < -0.4 is 5.32 Å². The van der Waals surface area contributed by atoms with Gasteiger partial charge in [-0.3, -0.25) is 4.68 Å². The van der Waals surface area contributed by atoms with E-state index in [2.05, 4.69) is 38.1 Å². The van der Waals surface area contributed by atoms with Crippen LogP contribution in [-0.2, 0) is 29.2 Å². The highest BCUT2D eigenvalue weighted by Gasteiger charge is 2.22. The van der Waals surface area contributed by atoms with Crippen LogP contribution in [0.2, 0.25) is 0 Å². The molecule has 21 heavy (non-hydrogen) atoms. The van der Waals surface area contributed by atoms with Crippen LogP contribution in [0.1, 0.15) is 57.1 Å². The van der Waals surface area contributed by atoms with Crippen molar-refractivity contribution in [2.75, 3.05) is 18.6 Å². The zero-order chi connectivity index (χ0) is 16.0. The van der Waals surface area contributed by atoms with Crippen molar-refractivity contribution in [3.8, 4) is 0 Å². The third-order valence-corrected chi connectivity index (χ3v) is 4.65. The molecular formula is C15H29N3O2S. The maximum Gasteiger partial charge on any atom is 0.149 e. The van der Waals surface area contributed by atoms with Gasteiger partial charge in [0, 0.05) is 23.6 Å². The molecule has 0 radical (unpaired) electrons. The van der Waals surface area contributed by atoms with E-state index in [9.17, 15) is 8.42 Å². The molecule has 0 aliphatic heterocycles. The third-order valence-electron chi connectivity index (χ3n) is 3.73. The number of hydrogen-bond donors (Lipinski definition) is 1. The maximum absolute atomic E-state index is 11.4. The summed E-state index contributed by atoms with van der Waals surface area (Å²) in [5, 5.41) is 8.18.